The fourth-order valence-corrected chi connectivity index (χ4v) is 11.0. The summed E-state index contributed by atoms with van der Waals surface area (Å²) in [4.78, 5) is 58.1. The van der Waals surface area contributed by atoms with Crippen molar-refractivity contribution < 1.29 is 29.6 Å². The summed E-state index contributed by atoms with van der Waals surface area (Å²) in [6.07, 6.45) is 2.41. The third-order valence-corrected chi connectivity index (χ3v) is 13.2. The fourth-order valence-electron chi connectivity index (χ4n) is 11.0. The number of imide groups is 2. The Morgan fingerprint density at radius 1 is 0.483 bits per heavy atom. The van der Waals surface area contributed by atoms with Crippen LogP contribution in [0.2, 0.25) is 0 Å². The van der Waals surface area contributed by atoms with E-state index in [1.54, 1.807) is 24.3 Å². The molecule has 4 aliphatic heterocycles. The predicted octanol–water partition coefficient (Wildman–Crippen LogP) is 7.87. The Kier molecular flexibility index (Phi) is 8.01. The van der Waals surface area contributed by atoms with Gasteiger partial charge in [-0.15, -0.1) is 0 Å². The number of aryl methyl sites for hydroxylation is 1. The van der Waals surface area contributed by atoms with Crippen molar-refractivity contribution in [3.8, 4) is 0 Å². The molecule has 0 aliphatic carbocycles. The van der Waals surface area contributed by atoms with E-state index in [1.165, 1.54) is 33.2 Å². The van der Waals surface area contributed by atoms with Gasteiger partial charge in [0.15, 0.2) is 0 Å². The Balaban J connectivity index is 1.37. The molecule has 0 unspecified atom stereocenters. The highest BCUT2D eigenvalue weighted by Gasteiger charge is 2.45. The van der Waals surface area contributed by atoms with Gasteiger partial charge >= 0.3 is 0 Å². The lowest BCUT2D eigenvalue weighted by molar-refractivity contribution is -0.228. The van der Waals surface area contributed by atoms with Crippen molar-refractivity contribution in [2.24, 2.45) is 0 Å². The van der Waals surface area contributed by atoms with Gasteiger partial charge in [-0.2, -0.15) is 10.1 Å². The number of piperidine rings is 2. The SMILES string of the molecule is Cc1ccc2c(=C3CC(C)(C)N(O)C(C)(C)C3)c3cc(N4C(=O)c5ccc6c7c(ccc(c57)C4=O)C(=O)N(C)C6=O)ccc3c(=C3CC(C)(C)N(O)C(C)(C)C3)c2c1. The summed E-state index contributed by atoms with van der Waals surface area (Å²) in [5.74, 6) is -2.02. The van der Waals surface area contributed by atoms with Crippen LogP contribution in [0.5, 0.6) is 0 Å². The van der Waals surface area contributed by atoms with Gasteiger partial charge < -0.3 is 10.4 Å². The van der Waals surface area contributed by atoms with Gasteiger partial charge in [-0.1, -0.05) is 41.0 Å². The lowest BCUT2D eigenvalue weighted by Crippen LogP contribution is -2.57. The fraction of sp³-hybridized carbons (Fsp3) is 0.375. The van der Waals surface area contributed by atoms with Gasteiger partial charge in [0.2, 0.25) is 0 Å². The number of nitrogens with zero attached hydrogens (tertiary/aromatic N) is 4. The van der Waals surface area contributed by atoms with Crippen LogP contribution in [0.4, 0.5) is 5.69 Å². The van der Waals surface area contributed by atoms with Crippen molar-refractivity contribution >= 4 is 72.8 Å². The molecule has 2 fully saturated rings. The molecule has 0 atom stereocenters. The van der Waals surface area contributed by atoms with Crippen molar-refractivity contribution in [3.63, 3.8) is 0 Å². The molecule has 298 valence electrons. The molecule has 2 saturated heterocycles. The van der Waals surface area contributed by atoms with E-state index < -0.39 is 45.8 Å². The molecule has 5 aromatic rings. The Labute approximate surface area is 337 Å². The molecule has 10 nitrogen and oxygen atoms in total. The zero-order valence-corrected chi connectivity index (χ0v) is 34.9. The minimum absolute atomic E-state index is 0.249. The minimum Gasteiger partial charge on any atom is -0.313 e. The third kappa shape index (κ3) is 5.24. The standard InChI is InChI=1S/C48H50N4O6/c1-25-11-13-29-35(19-25)37(26-21-45(2,3)51(57)46(4,5)22-26)30-14-12-28(20-36(30)38(29)27-23-47(6,7)52(58)48(8,9)24-27)50-43(55)33-17-15-31-39-32(42(54)49(10)41(31)53)16-18-34(40(33)39)44(50)56/h11-20,57-58H,21-24H2,1-10H3. The van der Waals surface area contributed by atoms with E-state index in [0.717, 1.165) is 42.4 Å². The van der Waals surface area contributed by atoms with Crippen molar-refractivity contribution in [1.82, 2.24) is 15.0 Å². The highest BCUT2D eigenvalue weighted by Crippen LogP contribution is 2.44. The minimum atomic E-state index is -0.591. The molecule has 0 spiro atoms. The van der Waals surface area contributed by atoms with Gasteiger partial charge in [0.05, 0.1) is 5.69 Å². The average molecular weight is 779 g/mol. The second-order valence-electron chi connectivity index (χ2n) is 19.5. The number of anilines is 1. The normalized spacial score (nSPS) is 21.6. The quantitative estimate of drug-likeness (QED) is 0.130. The Morgan fingerprint density at radius 3 is 1.26 bits per heavy atom. The molecule has 9 rings (SSSR count). The highest BCUT2D eigenvalue weighted by atomic mass is 16.5. The lowest BCUT2D eigenvalue weighted by atomic mass is 9.75. The zero-order valence-electron chi connectivity index (χ0n) is 34.9. The summed E-state index contributed by atoms with van der Waals surface area (Å²) in [5, 5.41) is 32.5. The topological polar surface area (TPSA) is 122 Å². The second-order valence-corrected chi connectivity index (χ2v) is 19.5. The Morgan fingerprint density at radius 2 is 0.845 bits per heavy atom. The summed E-state index contributed by atoms with van der Waals surface area (Å²) in [7, 11) is 1.43. The van der Waals surface area contributed by atoms with Crippen LogP contribution >= 0.6 is 0 Å². The van der Waals surface area contributed by atoms with Crippen LogP contribution in [-0.2, 0) is 0 Å². The molecule has 0 aromatic heterocycles. The molecule has 0 radical (unpaired) electrons. The maximum atomic E-state index is 14.7. The summed E-state index contributed by atoms with van der Waals surface area (Å²) in [6, 6.07) is 18.7. The first-order valence-corrected chi connectivity index (χ1v) is 20.1. The summed E-state index contributed by atoms with van der Waals surface area (Å²) < 4.78 is 0. The number of hydroxylamine groups is 4. The van der Waals surface area contributed by atoms with Crippen LogP contribution in [-0.4, -0.2) is 78.3 Å². The van der Waals surface area contributed by atoms with Crippen molar-refractivity contribution in [3.05, 3.63) is 98.9 Å². The molecular weight excluding hydrogens is 729 g/mol. The van der Waals surface area contributed by atoms with Crippen molar-refractivity contribution in [1.29, 1.82) is 0 Å². The smallest absolute Gasteiger partial charge is 0.265 e. The maximum Gasteiger partial charge on any atom is 0.265 e. The number of benzene rings is 5. The van der Waals surface area contributed by atoms with Crippen LogP contribution in [0.1, 0.15) is 128 Å². The number of rotatable bonds is 1. The molecule has 5 aromatic carbocycles. The van der Waals surface area contributed by atoms with E-state index >= 15 is 0 Å². The number of fused-ring (bicyclic) bond motifs is 2. The Hall–Kier alpha value is -5.26. The molecular formula is C48H50N4O6. The van der Waals surface area contributed by atoms with E-state index in [-0.39, 0.29) is 22.3 Å². The van der Waals surface area contributed by atoms with Crippen LogP contribution in [0.3, 0.4) is 0 Å². The third-order valence-electron chi connectivity index (χ3n) is 13.2. The van der Waals surface area contributed by atoms with Crippen LogP contribution in [0.15, 0.2) is 60.7 Å². The summed E-state index contributed by atoms with van der Waals surface area (Å²) in [5.41, 5.74) is 2.67. The Bertz CT molecular complexity index is 2790. The van der Waals surface area contributed by atoms with Gasteiger partial charge in [0, 0.05) is 62.2 Å². The summed E-state index contributed by atoms with van der Waals surface area (Å²) >= 11 is 0. The highest BCUT2D eigenvalue weighted by molar-refractivity contribution is 6.39. The molecule has 2 N–H and O–H groups in total. The van der Waals surface area contributed by atoms with E-state index in [0.29, 0.717) is 42.1 Å². The van der Waals surface area contributed by atoms with Crippen LogP contribution < -0.4 is 15.3 Å². The van der Waals surface area contributed by atoms with E-state index in [9.17, 15) is 29.6 Å². The lowest BCUT2D eigenvalue weighted by Gasteiger charge is -2.50. The summed E-state index contributed by atoms with van der Waals surface area (Å²) in [6.45, 7) is 18.5. The van der Waals surface area contributed by atoms with Gasteiger partial charge in [0.1, 0.15) is 0 Å². The van der Waals surface area contributed by atoms with Crippen LogP contribution in [0.25, 0.3) is 43.5 Å². The molecule has 4 amide bonds. The first-order valence-electron chi connectivity index (χ1n) is 20.1. The van der Waals surface area contributed by atoms with Crippen molar-refractivity contribution in [2.45, 2.75) is 110 Å². The number of hydrogen-bond acceptors (Lipinski definition) is 8. The van der Waals surface area contributed by atoms with Crippen LogP contribution in [0, 0.1) is 6.92 Å². The maximum absolute atomic E-state index is 14.7. The number of hydrogen-bond donors (Lipinski definition) is 2. The molecule has 58 heavy (non-hydrogen) atoms. The van der Waals surface area contributed by atoms with Gasteiger partial charge in [0.25, 0.3) is 23.6 Å². The average Bonchev–Trinajstić information content (AvgIpc) is 3.14. The van der Waals surface area contributed by atoms with E-state index in [4.69, 9.17) is 0 Å². The molecule has 4 heterocycles. The zero-order chi connectivity index (χ0) is 41.8. The number of amides is 4. The number of carbonyl (C=O) groups excluding carboxylic acids is 4. The predicted molar refractivity (Wildman–Crippen MR) is 226 cm³/mol. The van der Waals surface area contributed by atoms with Gasteiger partial charge in [-0.3, -0.25) is 24.1 Å². The number of carbonyl (C=O) groups is 4. The first-order chi connectivity index (χ1) is 27.1. The second kappa shape index (κ2) is 12.1. The molecule has 0 saturated carbocycles. The molecule has 4 aliphatic rings. The largest absolute Gasteiger partial charge is 0.313 e. The molecule has 0 bridgehead atoms. The van der Waals surface area contributed by atoms with Crippen molar-refractivity contribution in [2.75, 3.05) is 11.9 Å². The molecule has 10 heteroatoms. The van der Waals surface area contributed by atoms with E-state index in [1.807, 2.05) is 45.9 Å². The van der Waals surface area contributed by atoms with Gasteiger partial charge in [-0.25, -0.2) is 4.90 Å². The van der Waals surface area contributed by atoms with Gasteiger partial charge in [-0.05, 0) is 156 Å². The first kappa shape index (κ1) is 38.3. The van der Waals surface area contributed by atoms with E-state index in [2.05, 4.69) is 52.8 Å². The monoisotopic (exact) mass is 778 g/mol.